The van der Waals surface area contributed by atoms with Crippen molar-refractivity contribution in [1.29, 1.82) is 0 Å². The van der Waals surface area contributed by atoms with Gasteiger partial charge in [-0.25, -0.2) is 21.9 Å². The summed E-state index contributed by atoms with van der Waals surface area (Å²) in [6.07, 6.45) is 1.44. The SMILES string of the molecule is C[C@H](CNS(C)(=O)=O)NCc1ccc(OCc2ccccc2F)c(Cc2ccccc2F)c1. The van der Waals surface area contributed by atoms with Crippen LogP contribution in [0.3, 0.4) is 0 Å². The van der Waals surface area contributed by atoms with Gasteiger partial charge in [0, 0.05) is 31.1 Å². The molecule has 0 radical (unpaired) electrons. The fraction of sp³-hybridized carbons (Fsp3) is 0.280. The van der Waals surface area contributed by atoms with Gasteiger partial charge in [0.15, 0.2) is 0 Å². The summed E-state index contributed by atoms with van der Waals surface area (Å²) in [4.78, 5) is 0. The molecule has 2 N–H and O–H groups in total. The second-order valence-corrected chi connectivity index (χ2v) is 9.83. The van der Waals surface area contributed by atoms with Crippen LogP contribution < -0.4 is 14.8 Å². The van der Waals surface area contributed by atoms with Crippen LogP contribution in [0.5, 0.6) is 5.75 Å². The van der Waals surface area contributed by atoms with Gasteiger partial charge in [0.05, 0.1) is 6.26 Å². The summed E-state index contributed by atoms with van der Waals surface area (Å²) < 4.78 is 59.2. The minimum absolute atomic E-state index is 0.0583. The normalized spacial score (nSPS) is 12.5. The van der Waals surface area contributed by atoms with E-state index in [9.17, 15) is 17.2 Å². The van der Waals surface area contributed by atoms with Crippen LogP contribution in [0.2, 0.25) is 0 Å². The van der Waals surface area contributed by atoms with E-state index in [0.29, 0.717) is 29.8 Å². The van der Waals surface area contributed by atoms with E-state index >= 15 is 0 Å². The second-order valence-electron chi connectivity index (χ2n) is 7.99. The fourth-order valence-corrected chi connectivity index (χ4v) is 3.83. The van der Waals surface area contributed by atoms with Crippen molar-refractivity contribution >= 4 is 10.0 Å². The number of rotatable bonds is 11. The molecule has 0 aliphatic rings. The lowest BCUT2D eigenvalue weighted by Crippen LogP contribution is -2.38. The Kier molecular flexibility index (Phi) is 8.55. The molecule has 8 heteroatoms. The van der Waals surface area contributed by atoms with Gasteiger partial charge in [-0.2, -0.15) is 0 Å². The summed E-state index contributed by atoms with van der Waals surface area (Å²) in [7, 11) is -3.25. The summed E-state index contributed by atoms with van der Waals surface area (Å²) in [5.74, 6) is -0.0933. The highest BCUT2D eigenvalue weighted by Gasteiger charge is 2.12. The topological polar surface area (TPSA) is 67.4 Å². The zero-order valence-electron chi connectivity index (χ0n) is 18.6. The number of hydrogen-bond acceptors (Lipinski definition) is 4. The van der Waals surface area contributed by atoms with Gasteiger partial charge in [-0.1, -0.05) is 48.5 Å². The first-order chi connectivity index (χ1) is 15.7. The van der Waals surface area contributed by atoms with E-state index in [2.05, 4.69) is 10.0 Å². The third-order valence-electron chi connectivity index (χ3n) is 5.11. The number of halogens is 2. The van der Waals surface area contributed by atoms with Crippen LogP contribution in [0, 0.1) is 11.6 Å². The summed E-state index contributed by atoms with van der Waals surface area (Å²) in [5, 5.41) is 3.27. The number of nitrogens with one attached hydrogen (secondary N) is 2. The van der Waals surface area contributed by atoms with E-state index in [4.69, 9.17) is 4.74 Å². The van der Waals surface area contributed by atoms with Gasteiger partial charge in [-0.15, -0.1) is 0 Å². The smallest absolute Gasteiger partial charge is 0.208 e. The van der Waals surface area contributed by atoms with Crippen molar-refractivity contribution in [3.05, 3.63) is 101 Å². The Labute approximate surface area is 193 Å². The molecule has 0 bridgehead atoms. The standard InChI is InChI=1S/C25H28F2N2O3S/c1-18(15-29-33(2,30)31)28-16-19-11-12-25(32-17-21-8-4-6-10-24(21)27)22(13-19)14-20-7-3-5-9-23(20)26/h3-13,18,28-29H,14-17H2,1-2H3/t18-/m1/s1. The minimum atomic E-state index is -3.25. The van der Waals surface area contributed by atoms with Crippen molar-refractivity contribution in [2.24, 2.45) is 0 Å². The molecule has 3 aromatic carbocycles. The van der Waals surface area contributed by atoms with Gasteiger partial charge in [0.25, 0.3) is 0 Å². The largest absolute Gasteiger partial charge is 0.489 e. The van der Waals surface area contributed by atoms with Crippen LogP contribution in [-0.4, -0.2) is 27.3 Å². The lowest BCUT2D eigenvalue weighted by Gasteiger charge is -2.17. The zero-order valence-corrected chi connectivity index (χ0v) is 19.5. The lowest BCUT2D eigenvalue weighted by atomic mass is 10.0. The predicted molar refractivity (Wildman–Crippen MR) is 126 cm³/mol. The third-order valence-corrected chi connectivity index (χ3v) is 5.80. The first kappa shape index (κ1) is 24.8. The first-order valence-corrected chi connectivity index (χ1v) is 12.5. The number of sulfonamides is 1. The van der Waals surface area contributed by atoms with E-state index < -0.39 is 10.0 Å². The van der Waals surface area contributed by atoms with Crippen LogP contribution in [-0.2, 0) is 29.6 Å². The third kappa shape index (κ3) is 7.92. The fourth-order valence-electron chi connectivity index (χ4n) is 3.28. The molecule has 0 heterocycles. The Balaban J connectivity index is 1.76. The van der Waals surface area contributed by atoms with Crippen LogP contribution in [0.1, 0.15) is 29.2 Å². The first-order valence-electron chi connectivity index (χ1n) is 10.6. The molecule has 0 saturated carbocycles. The van der Waals surface area contributed by atoms with Crippen LogP contribution in [0.4, 0.5) is 8.78 Å². The molecule has 0 fully saturated rings. The molecular weight excluding hydrogens is 446 g/mol. The van der Waals surface area contributed by atoms with Crippen molar-refractivity contribution in [3.63, 3.8) is 0 Å². The zero-order chi connectivity index (χ0) is 23.8. The molecule has 0 saturated heterocycles. The van der Waals surface area contributed by atoms with E-state index in [1.807, 2.05) is 19.1 Å². The lowest BCUT2D eigenvalue weighted by molar-refractivity contribution is 0.297. The highest BCUT2D eigenvalue weighted by atomic mass is 32.2. The molecule has 3 rings (SSSR count). The summed E-state index contributed by atoms with van der Waals surface area (Å²) in [6, 6.07) is 18.5. The van der Waals surface area contributed by atoms with Gasteiger partial charge >= 0.3 is 0 Å². The molecule has 0 aliphatic carbocycles. The highest BCUT2D eigenvalue weighted by molar-refractivity contribution is 7.88. The summed E-state index contributed by atoms with van der Waals surface area (Å²) in [6.45, 7) is 2.70. The quantitative estimate of drug-likeness (QED) is 0.438. The molecule has 33 heavy (non-hydrogen) atoms. The van der Waals surface area contributed by atoms with Crippen LogP contribution >= 0.6 is 0 Å². The summed E-state index contributed by atoms with van der Waals surface area (Å²) in [5.41, 5.74) is 2.68. The van der Waals surface area contributed by atoms with Crippen LogP contribution in [0.15, 0.2) is 66.7 Å². The second kappa shape index (κ2) is 11.4. The molecule has 1 atom stereocenters. The van der Waals surface area contributed by atoms with Crippen molar-refractivity contribution in [3.8, 4) is 5.75 Å². The Hall–Kier alpha value is -2.81. The maximum absolute atomic E-state index is 14.3. The average Bonchev–Trinajstić information content (AvgIpc) is 2.77. The van der Waals surface area contributed by atoms with Crippen molar-refractivity contribution in [2.45, 2.75) is 32.5 Å². The Bertz CT molecular complexity index is 1190. The maximum atomic E-state index is 14.3. The summed E-state index contributed by atoms with van der Waals surface area (Å²) >= 11 is 0. The van der Waals surface area contributed by atoms with Gasteiger partial charge in [0.1, 0.15) is 24.0 Å². The highest BCUT2D eigenvalue weighted by Crippen LogP contribution is 2.26. The minimum Gasteiger partial charge on any atom is -0.489 e. The molecule has 0 spiro atoms. The number of ether oxygens (including phenoxy) is 1. The molecule has 5 nitrogen and oxygen atoms in total. The monoisotopic (exact) mass is 474 g/mol. The number of benzene rings is 3. The molecule has 0 amide bonds. The molecule has 176 valence electrons. The van der Waals surface area contributed by atoms with E-state index in [1.54, 1.807) is 42.5 Å². The van der Waals surface area contributed by atoms with Crippen molar-refractivity contribution in [2.75, 3.05) is 12.8 Å². The predicted octanol–water partition coefficient (Wildman–Crippen LogP) is 4.16. The van der Waals surface area contributed by atoms with Crippen molar-refractivity contribution in [1.82, 2.24) is 10.0 Å². The molecule has 0 unspecified atom stereocenters. The Morgan fingerprint density at radius 2 is 1.55 bits per heavy atom. The number of hydrogen-bond donors (Lipinski definition) is 2. The Morgan fingerprint density at radius 1 is 0.909 bits per heavy atom. The molecular formula is C25H28F2N2O3S. The van der Waals surface area contributed by atoms with Gasteiger partial charge in [0.2, 0.25) is 10.0 Å². The van der Waals surface area contributed by atoms with Gasteiger partial charge in [-0.3, -0.25) is 0 Å². The van der Waals surface area contributed by atoms with E-state index in [1.165, 1.54) is 12.1 Å². The van der Waals surface area contributed by atoms with Crippen molar-refractivity contribution < 1.29 is 21.9 Å². The average molecular weight is 475 g/mol. The molecule has 3 aromatic rings. The van der Waals surface area contributed by atoms with E-state index in [0.717, 1.165) is 17.4 Å². The van der Waals surface area contributed by atoms with E-state index in [-0.39, 0.29) is 30.8 Å². The van der Waals surface area contributed by atoms with Gasteiger partial charge < -0.3 is 10.1 Å². The maximum Gasteiger partial charge on any atom is 0.208 e. The molecule has 0 aliphatic heterocycles. The van der Waals surface area contributed by atoms with Gasteiger partial charge in [-0.05, 0) is 41.8 Å². The van der Waals surface area contributed by atoms with Crippen LogP contribution in [0.25, 0.3) is 0 Å². The Morgan fingerprint density at radius 3 is 2.18 bits per heavy atom. The molecule has 0 aromatic heterocycles.